The number of benzene rings is 3. The average molecular weight is 424 g/mol. The molecule has 4 aromatic rings. The first kappa shape index (κ1) is 20.1. The van der Waals surface area contributed by atoms with Crippen molar-refractivity contribution in [1.82, 2.24) is 15.5 Å². The lowest BCUT2D eigenvalue weighted by atomic mass is 9.99. The summed E-state index contributed by atoms with van der Waals surface area (Å²) in [6, 6.07) is 26.0. The molecule has 0 saturated carbocycles. The summed E-state index contributed by atoms with van der Waals surface area (Å²) < 4.78 is 5.91. The van der Waals surface area contributed by atoms with E-state index in [0.717, 1.165) is 46.7 Å². The molecule has 0 fully saturated rings. The number of para-hydroxylation sites is 1. The van der Waals surface area contributed by atoms with Crippen molar-refractivity contribution in [2.45, 2.75) is 32.4 Å². The molecule has 0 radical (unpaired) electrons. The standard InChI is InChI=1S/C27H25N3O2/c1-18(11-12-19-7-3-2-4-8-19)28-27(31)21-15-13-20(14-16-21)25-23-17-32-24-10-6-5-9-22(24)26(23)30-29-25/h2-10,13-16,18H,11-12,17H2,1H3,(H,28,31)(H,29,30)/t18-/m1/s1. The topological polar surface area (TPSA) is 67.0 Å². The number of nitrogens with zero attached hydrogens (tertiary/aromatic N) is 1. The van der Waals surface area contributed by atoms with Gasteiger partial charge in [-0.15, -0.1) is 0 Å². The number of carbonyl (C=O) groups excluding carboxylic acids is 1. The maximum absolute atomic E-state index is 12.7. The first-order valence-corrected chi connectivity index (χ1v) is 10.9. The molecule has 2 heterocycles. The van der Waals surface area contributed by atoms with Crippen molar-refractivity contribution in [2.75, 3.05) is 0 Å². The highest BCUT2D eigenvalue weighted by Gasteiger charge is 2.23. The molecule has 1 aliphatic rings. The molecule has 5 heteroatoms. The van der Waals surface area contributed by atoms with Crippen LogP contribution in [0.3, 0.4) is 0 Å². The Kier molecular flexibility index (Phi) is 5.46. The molecule has 3 aromatic carbocycles. The number of aryl methyl sites for hydroxylation is 1. The Morgan fingerprint density at radius 3 is 2.59 bits per heavy atom. The lowest BCUT2D eigenvalue weighted by molar-refractivity contribution is 0.0938. The molecule has 2 N–H and O–H groups in total. The molecule has 1 aliphatic heterocycles. The fourth-order valence-electron chi connectivity index (χ4n) is 4.10. The van der Waals surface area contributed by atoms with E-state index in [-0.39, 0.29) is 11.9 Å². The third kappa shape index (κ3) is 4.02. The van der Waals surface area contributed by atoms with Crippen LogP contribution >= 0.6 is 0 Å². The van der Waals surface area contributed by atoms with Gasteiger partial charge in [0, 0.05) is 28.3 Å². The number of aromatic nitrogens is 2. The summed E-state index contributed by atoms with van der Waals surface area (Å²) in [6.07, 6.45) is 1.84. The minimum atomic E-state index is -0.0570. The van der Waals surface area contributed by atoms with E-state index >= 15 is 0 Å². The van der Waals surface area contributed by atoms with Gasteiger partial charge in [0.25, 0.3) is 5.91 Å². The quantitative estimate of drug-likeness (QED) is 0.437. The van der Waals surface area contributed by atoms with E-state index in [0.29, 0.717) is 12.2 Å². The zero-order valence-electron chi connectivity index (χ0n) is 18.0. The first-order valence-electron chi connectivity index (χ1n) is 10.9. The Hall–Kier alpha value is -3.86. The lowest BCUT2D eigenvalue weighted by Gasteiger charge is -2.17. The van der Waals surface area contributed by atoms with Gasteiger partial charge in [0.15, 0.2) is 0 Å². The van der Waals surface area contributed by atoms with Crippen LogP contribution < -0.4 is 10.1 Å². The van der Waals surface area contributed by atoms with E-state index in [1.807, 2.05) is 73.7 Å². The molecule has 0 aliphatic carbocycles. The van der Waals surface area contributed by atoms with Crippen LogP contribution in [0.15, 0.2) is 78.9 Å². The van der Waals surface area contributed by atoms with Crippen molar-refractivity contribution in [3.63, 3.8) is 0 Å². The van der Waals surface area contributed by atoms with Crippen molar-refractivity contribution in [1.29, 1.82) is 0 Å². The summed E-state index contributed by atoms with van der Waals surface area (Å²) in [4.78, 5) is 12.7. The van der Waals surface area contributed by atoms with Gasteiger partial charge in [-0.05, 0) is 49.6 Å². The number of ether oxygens (including phenoxy) is 1. The SMILES string of the molecule is C[C@H](CCc1ccccc1)NC(=O)c1ccc(-c2n[nH]c3c2COc2ccccc2-3)cc1. The third-order valence-electron chi connectivity index (χ3n) is 5.90. The van der Waals surface area contributed by atoms with Gasteiger partial charge in [0.05, 0.1) is 11.4 Å². The van der Waals surface area contributed by atoms with E-state index in [1.165, 1.54) is 5.56 Å². The van der Waals surface area contributed by atoms with E-state index < -0.39 is 0 Å². The predicted octanol–water partition coefficient (Wildman–Crippen LogP) is 5.39. The maximum atomic E-state index is 12.7. The molecule has 0 bridgehead atoms. The van der Waals surface area contributed by atoms with Gasteiger partial charge in [-0.2, -0.15) is 5.10 Å². The monoisotopic (exact) mass is 423 g/mol. The van der Waals surface area contributed by atoms with Gasteiger partial charge >= 0.3 is 0 Å². The highest BCUT2D eigenvalue weighted by molar-refractivity contribution is 5.95. The minimum absolute atomic E-state index is 0.0570. The first-order chi connectivity index (χ1) is 15.7. The number of H-pyrrole nitrogens is 1. The van der Waals surface area contributed by atoms with Crippen LogP contribution in [0.25, 0.3) is 22.5 Å². The summed E-state index contributed by atoms with van der Waals surface area (Å²) >= 11 is 0. The van der Waals surface area contributed by atoms with Crippen molar-refractivity contribution in [3.05, 3.63) is 95.6 Å². The number of fused-ring (bicyclic) bond motifs is 3. The van der Waals surface area contributed by atoms with Crippen molar-refractivity contribution in [3.8, 4) is 28.3 Å². The zero-order valence-corrected chi connectivity index (χ0v) is 18.0. The molecule has 1 aromatic heterocycles. The van der Waals surface area contributed by atoms with Gasteiger partial charge in [0.2, 0.25) is 0 Å². The second-order valence-corrected chi connectivity index (χ2v) is 8.19. The molecular weight excluding hydrogens is 398 g/mol. The molecule has 1 amide bonds. The van der Waals surface area contributed by atoms with Gasteiger partial charge in [-0.25, -0.2) is 0 Å². The van der Waals surface area contributed by atoms with Crippen LogP contribution in [0.2, 0.25) is 0 Å². The number of carbonyl (C=O) groups is 1. The molecule has 160 valence electrons. The number of aromatic amines is 1. The molecule has 1 atom stereocenters. The number of hydrogen-bond acceptors (Lipinski definition) is 3. The largest absolute Gasteiger partial charge is 0.488 e. The molecular formula is C27H25N3O2. The Labute approximate surface area is 187 Å². The summed E-state index contributed by atoms with van der Waals surface area (Å²) in [7, 11) is 0. The van der Waals surface area contributed by atoms with Crippen molar-refractivity contribution < 1.29 is 9.53 Å². The number of nitrogens with one attached hydrogen (secondary N) is 2. The molecule has 5 rings (SSSR count). The molecule has 0 saturated heterocycles. The Bertz CT molecular complexity index is 1230. The van der Waals surface area contributed by atoms with Crippen molar-refractivity contribution >= 4 is 5.91 Å². The van der Waals surface area contributed by atoms with E-state index in [4.69, 9.17) is 4.74 Å². The minimum Gasteiger partial charge on any atom is -0.488 e. The summed E-state index contributed by atoms with van der Waals surface area (Å²) in [5, 5.41) is 10.8. The summed E-state index contributed by atoms with van der Waals surface area (Å²) in [5.41, 5.74) is 6.80. The summed E-state index contributed by atoms with van der Waals surface area (Å²) in [6.45, 7) is 2.52. The number of amides is 1. The van der Waals surface area contributed by atoms with Gasteiger partial charge in [-0.3, -0.25) is 9.89 Å². The summed E-state index contributed by atoms with van der Waals surface area (Å²) in [5.74, 6) is 0.807. The van der Waals surface area contributed by atoms with Crippen LogP contribution in [0, 0.1) is 0 Å². The second kappa shape index (κ2) is 8.71. The van der Waals surface area contributed by atoms with Gasteiger partial charge < -0.3 is 10.1 Å². The predicted molar refractivity (Wildman–Crippen MR) is 125 cm³/mol. The van der Waals surface area contributed by atoms with Crippen LogP contribution in [0.1, 0.15) is 34.8 Å². The lowest BCUT2D eigenvalue weighted by Crippen LogP contribution is -2.32. The van der Waals surface area contributed by atoms with Crippen LogP contribution in [0.5, 0.6) is 5.75 Å². The van der Waals surface area contributed by atoms with Gasteiger partial charge in [-0.1, -0.05) is 54.6 Å². The van der Waals surface area contributed by atoms with Gasteiger partial charge in [0.1, 0.15) is 12.4 Å². The van der Waals surface area contributed by atoms with Crippen molar-refractivity contribution in [2.24, 2.45) is 0 Å². The fourth-order valence-corrected chi connectivity index (χ4v) is 4.10. The maximum Gasteiger partial charge on any atom is 0.251 e. The van der Waals surface area contributed by atoms with E-state index in [9.17, 15) is 4.79 Å². The second-order valence-electron chi connectivity index (χ2n) is 8.19. The normalized spacial score (nSPS) is 12.9. The van der Waals surface area contributed by atoms with E-state index in [2.05, 4.69) is 27.6 Å². The molecule has 5 nitrogen and oxygen atoms in total. The molecule has 32 heavy (non-hydrogen) atoms. The number of hydrogen-bond donors (Lipinski definition) is 2. The Morgan fingerprint density at radius 2 is 1.78 bits per heavy atom. The van der Waals surface area contributed by atoms with Crippen LogP contribution in [-0.2, 0) is 13.0 Å². The fraction of sp³-hybridized carbons (Fsp3) is 0.185. The molecule has 0 spiro atoms. The van der Waals surface area contributed by atoms with Crippen LogP contribution in [0.4, 0.5) is 0 Å². The Morgan fingerprint density at radius 1 is 1.03 bits per heavy atom. The molecule has 0 unspecified atom stereocenters. The zero-order chi connectivity index (χ0) is 21.9. The highest BCUT2D eigenvalue weighted by atomic mass is 16.5. The highest BCUT2D eigenvalue weighted by Crippen LogP contribution is 2.39. The third-order valence-corrected chi connectivity index (χ3v) is 5.90. The van der Waals surface area contributed by atoms with E-state index in [1.54, 1.807) is 0 Å². The van der Waals surface area contributed by atoms with Crippen LogP contribution in [-0.4, -0.2) is 22.1 Å². The Balaban J connectivity index is 1.26. The number of rotatable bonds is 6. The smallest absolute Gasteiger partial charge is 0.251 e. The average Bonchev–Trinajstić information content (AvgIpc) is 3.28.